The smallest absolute Gasteiger partial charge is 0.182 e. The summed E-state index contributed by atoms with van der Waals surface area (Å²) in [6.45, 7) is 0.771. The van der Waals surface area contributed by atoms with Gasteiger partial charge in [0.25, 0.3) is 0 Å². The van der Waals surface area contributed by atoms with E-state index in [1.54, 1.807) is 12.7 Å². The number of nitrogens with one attached hydrogen (secondary N) is 1. The number of hydrogen-bond acceptors (Lipinski definition) is 5. The maximum absolute atomic E-state index is 4.37. The lowest BCUT2D eigenvalue weighted by atomic mass is 10.2. The molecule has 2 heterocycles. The molecule has 2 aromatic heterocycles. The van der Waals surface area contributed by atoms with Gasteiger partial charge in [0.15, 0.2) is 11.5 Å². The van der Waals surface area contributed by atoms with E-state index in [9.17, 15) is 0 Å². The molecule has 21 heavy (non-hydrogen) atoms. The Balaban J connectivity index is 1.88. The van der Waals surface area contributed by atoms with Crippen LogP contribution in [0.1, 0.15) is 5.56 Å². The fourth-order valence-electron chi connectivity index (χ4n) is 2.32. The summed E-state index contributed by atoms with van der Waals surface area (Å²) < 4.78 is 0. The summed E-state index contributed by atoms with van der Waals surface area (Å²) >= 11 is 0. The molecule has 0 saturated carbocycles. The SMILES string of the molecule is CN(C)c1cccc(CN(C)c2ncnc3nc[nH]c23)c1. The molecule has 1 N–H and O–H groups in total. The lowest BCUT2D eigenvalue weighted by Gasteiger charge is -2.20. The molecular weight excluding hydrogens is 264 g/mol. The molecule has 0 unspecified atom stereocenters. The second-order valence-corrected chi connectivity index (χ2v) is 5.22. The van der Waals surface area contributed by atoms with Gasteiger partial charge in [0.05, 0.1) is 6.33 Å². The summed E-state index contributed by atoms with van der Waals surface area (Å²) in [5.41, 5.74) is 3.97. The van der Waals surface area contributed by atoms with Gasteiger partial charge < -0.3 is 14.8 Å². The summed E-state index contributed by atoms with van der Waals surface area (Å²) in [5.74, 6) is 0.854. The van der Waals surface area contributed by atoms with Crippen LogP contribution in [0.5, 0.6) is 0 Å². The topological polar surface area (TPSA) is 60.9 Å². The highest BCUT2D eigenvalue weighted by Gasteiger charge is 2.11. The van der Waals surface area contributed by atoms with Gasteiger partial charge in [0, 0.05) is 33.4 Å². The number of H-pyrrole nitrogens is 1. The lowest BCUT2D eigenvalue weighted by Crippen LogP contribution is -2.18. The quantitative estimate of drug-likeness (QED) is 0.793. The fraction of sp³-hybridized carbons (Fsp3) is 0.267. The molecule has 0 aliphatic heterocycles. The minimum absolute atomic E-state index is 0.689. The van der Waals surface area contributed by atoms with Gasteiger partial charge in [-0.15, -0.1) is 0 Å². The maximum atomic E-state index is 4.37. The third kappa shape index (κ3) is 2.65. The lowest BCUT2D eigenvalue weighted by molar-refractivity contribution is 0.897. The molecule has 0 fully saturated rings. The van der Waals surface area contributed by atoms with E-state index in [0.29, 0.717) is 5.65 Å². The number of nitrogens with zero attached hydrogens (tertiary/aromatic N) is 5. The Kier molecular flexibility index (Phi) is 3.43. The zero-order valence-corrected chi connectivity index (χ0v) is 12.4. The summed E-state index contributed by atoms with van der Waals surface area (Å²) in [5, 5.41) is 0. The van der Waals surface area contributed by atoms with Crippen molar-refractivity contribution in [3.63, 3.8) is 0 Å². The second-order valence-electron chi connectivity index (χ2n) is 5.22. The molecule has 108 valence electrons. The van der Waals surface area contributed by atoms with Crippen molar-refractivity contribution in [1.82, 2.24) is 19.9 Å². The van der Waals surface area contributed by atoms with Crippen LogP contribution in [0.15, 0.2) is 36.9 Å². The summed E-state index contributed by atoms with van der Waals surface area (Å²) in [4.78, 5) is 20.0. The van der Waals surface area contributed by atoms with Crippen molar-refractivity contribution >= 4 is 22.7 Å². The summed E-state index contributed by atoms with van der Waals surface area (Å²) in [7, 11) is 6.10. The van der Waals surface area contributed by atoms with Crippen LogP contribution in [0, 0.1) is 0 Å². The first-order valence-corrected chi connectivity index (χ1v) is 6.76. The van der Waals surface area contributed by atoms with Crippen LogP contribution in [0.25, 0.3) is 11.2 Å². The molecule has 0 aliphatic rings. The average Bonchev–Trinajstić information content (AvgIpc) is 2.95. The van der Waals surface area contributed by atoms with Crippen LogP contribution in [0.4, 0.5) is 11.5 Å². The van der Waals surface area contributed by atoms with Crippen LogP contribution in [0.3, 0.4) is 0 Å². The molecule has 0 bridgehead atoms. The number of hydrogen-bond donors (Lipinski definition) is 1. The first kappa shape index (κ1) is 13.4. The highest BCUT2D eigenvalue weighted by molar-refractivity contribution is 5.82. The summed E-state index contributed by atoms with van der Waals surface area (Å²) in [6, 6.07) is 8.47. The monoisotopic (exact) mass is 282 g/mol. The molecule has 0 atom stereocenters. The maximum Gasteiger partial charge on any atom is 0.182 e. The fourth-order valence-corrected chi connectivity index (χ4v) is 2.32. The predicted octanol–water partition coefficient (Wildman–Crippen LogP) is 2.06. The van der Waals surface area contributed by atoms with Gasteiger partial charge >= 0.3 is 0 Å². The number of aromatic amines is 1. The average molecular weight is 282 g/mol. The van der Waals surface area contributed by atoms with Crippen molar-refractivity contribution in [2.75, 3.05) is 30.9 Å². The Bertz CT molecular complexity index is 749. The molecule has 6 heteroatoms. The van der Waals surface area contributed by atoms with Crippen molar-refractivity contribution in [1.29, 1.82) is 0 Å². The first-order chi connectivity index (χ1) is 10.1. The van der Waals surface area contributed by atoms with E-state index < -0.39 is 0 Å². The van der Waals surface area contributed by atoms with Gasteiger partial charge in [0.2, 0.25) is 0 Å². The third-order valence-electron chi connectivity index (χ3n) is 3.41. The van der Waals surface area contributed by atoms with Gasteiger partial charge in [-0.3, -0.25) is 0 Å². The summed E-state index contributed by atoms with van der Waals surface area (Å²) in [6.07, 6.45) is 3.19. The standard InChI is InChI=1S/C15H18N6/c1-20(2)12-6-4-5-11(7-12)8-21(3)15-13-14(17-9-16-13)18-10-19-15/h4-7,9-10H,8H2,1-3H3,(H,16,17,18,19). The zero-order valence-electron chi connectivity index (χ0n) is 12.4. The van der Waals surface area contributed by atoms with Gasteiger partial charge in [-0.2, -0.15) is 0 Å². The van der Waals surface area contributed by atoms with Crippen LogP contribution in [-0.4, -0.2) is 41.1 Å². The van der Waals surface area contributed by atoms with Crippen molar-refractivity contribution in [3.05, 3.63) is 42.5 Å². The Morgan fingerprint density at radius 1 is 1.10 bits per heavy atom. The van der Waals surface area contributed by atoms with Crippen LogP contribution >= 0.6 is 0 Å². The van der Waals surface area contributed by atoms with Gasteiger partial charge in [0.1, 0.15) is 11.8 Å². The van der Waals surface area contributed by atoms with Gasteiger partial charge in [-0.05, 0) is 17.7 Å². The van der Waals surface area contributed by atoms with Gasteiger partial charge in [-0.1, -0.05) is 12.1 Å². The molecule has 3 rings (SSSR count). The molecule has 0 radical (unpaired) electrons. The van der Waals surface area contributed by atoms with E-state index in [1.165, 1.54) is 11.3 Å². The molecule has 1 aromatic carbocycles. The minimum atomic E-state index is 0.689. The van der Waals surface area contributed by atoms with E-state index in [2.05, 4.69) is 54.0 Å². The van der Waals surface area contributed by atoms with Gasteiger partial charge in [-0.25, -0.2) is 15.0 Å². The number of imidazole rings is 1. The van der Waals surface area contributed by atoms with Crippen molar-refractivity contribution in [2.24, 2.45) is 0 Å². The number of anilines is 2. The largest absolute Gasteiger partial charge is 0.378 e. The first-order valence-electron chi connectivity index (χ1n) is 6.76. The molecule has 0 spiro atoms. The molecule has 0 amide bonds. The number of fused-ring (bicyclic) bond motifs is 1. The second kappa shape index (κ2) is 5.40. The third-order valence-corrected chi connectivity index (χ3v) is 3.41. The minimum Gasteiger partial charge on any atom is -0.378 e. The zero-order chi connectivity index (χ0) is 14.8. The molecular formula is C15H18N6. The van der Waals surface area contributed by atoms with E-state index in [0.717, 1.165) is 17.9 Å². The van der Waals surface area contributed by atoms with E-state index in [4.69, 9.17) is 0 Å². The van der Waals surface area contributed by atoms with Crippen LogP contribution in [-0.2, 0) is 6.54 Å². The van der Waals surface area contributed by atoms with E-state index in [1.807, 2.05) is 21.1 Å². The predicted molar refractivity (Wildman–Crippen MR) is 84.6 cm³/mol. The van der Waals surface area contributed by atoms with Crippen LogP contribution < -0.4 is 9.80 Å². The molecule has 3 aromatic rings. The highest BCUT2D eigenvalue weighted by Crippen LogP contribution is 2.21. The van der Waals surface area contributed by atoms with Crippen LogP contribution in [0.2, 0.25) is 0 Å². The molecule has 0 saturated heterocycles. The Labute approximate surface area is 123 Å². The number of rotatable bonds is 4. The van der Waals surface area contributed by atoms with E-state index in [-0.39, 0.29) is 0 Å². The van der Waals surface area contributed by atoms with Crippen molar-refractivity contribution in [2.45, 2.75) is 6.54 Å². The molecule has 6 nitrogen and oxygen atoms in total. The number of benzene rings is 1. The Morgan fingerprint density at radius 2 is 1.95 bits per heavy atom. The molecule has 0 aliphatic carbocycles. The highest BCUT2D eigenvalue weighted by atomic mass is 15.2. The van der Waals surface area contributed by atoms with Crippen molar-refractivity contribution < 1.29 is 0 Å². The van der Waals surface area contributed by atoms with E-state index >= 15 is 0 Å². The normalized spacial score (nSPS) is 10.8. The Morgan fingerprint density at radius 3 is 2.76 bits per heavy atom. The Hall–Kier alpha value is -2.63. The van der Waals surface area contributed by atoms with Crippen molar-refractivity contribution in [3.8, 4) is 0 Å². The number of aromatic nitrogens is 4.